The molecule has 136 valence electrons. The predicted molar refractivity (Wildman–Crippen MR) is 102 cm³/mol. The van der Waals surface area contributed by atoms with E-state index in [0.29, 0.717) is 30.9 Å². The molecule has 4 heteroatoms. The van der Waals surface area contributed by atoms with Gasteiger partial charge in [-0.3, -0.25) is 0 Å². The van der Waals surface area contributed by atoms with Crippen molar-refractivity contribution < 1.29 is 9.47 Å². The maximum Gasteiger partial charge on any atom is 0.317 e. The van der Waals surface area contributed by atoms with Crippen molar-refractivity contribution in [2.45, 2.75) is 52.9 Å². The second-order valence-electron chi connectivity index (χ2n) is 6.43. The Morgan fingerprint density at radius 3 is 2.52 bits per heavy atom. The molecule has 1 aromatic heterocycles. The highest BCUT2D eigenvalue weighted by molar-refractivity contribution is 5.65. The molecule has 1 aromatic carbocycles. The molecule has 2 rings (SSSR count). The molecule has 1 unspecified atom stereocenters. The van der Waals surface area contributed by atoms with Crippen LogP contribution in [0.5, 0.6) is 11.8 Å². The summed E-state index contributed by atoms with van der Waals surface area (Å²) >= 11 is 0. The zero-order valence-electron chi connectivity index (χ0n) is 15.7. The number of aromatic nitrogens is 2. The van der Waals surface area contributed by atoms with Crippen molar-refractivity contribution >= 4 is 0 Å². The van der Waals surface area contributed by atoms with Crippen molar-refractivity contribution in [1.82, 2.24) is 9.97 Å². The van der Waals surface area contributed by atoms with E-state index in [2.05, 4.69) is 23.8 Å². The van der Waals surface area contributed by atoms with Gasteiger partial charge in [-0.2, -0.15) is 9.97 Å². The monoisotopic (exact) mass is 342 g/mol. The van der Waals surface area contributed by atoms with Crippen LogP contribution in [0, 0.1) is 5.92 Å². The van der Waals surface area contributed by atoms with Crippen LogP contribution in [0.1, 0.15) is 52.9 Å². The Morgan fingerprint density at radius 1 is 1.00 bits per heavy atom. The summed E-state index contributed by atoms with van der Waals surface area (Å²) in [6.07, 6.45) is 8.04. The quantitative estimate of drug-likeness (QED) is 0.504. The molecule has 0 saturated carbocycles. The number of ether oxygens (including phenoxy) is 2. The molecule has 0 N–H and O–H groups in total. The SMILES string of the molecule is CCCCCCC(C)COc1ncc(OCC)c(-c2ccccc2)n1. The normalized spacial score (nSPS) is 12.0. The first kappa shape index (κ1) is 19.2. The lowest BCUT2D eigenvalue weighted by Crippen LogP contribution is -2.11. The largest absolute Gasteiger partial charge is 0.490 e. The standard InChI is InChI=1S/C21H30N2O2/c1-4-6-7-9-12-17(3)16-25-21-22-15-19(24-5-2)20(23-21)18-13-10-8-11-14-18/h8,10-11,13-15,17H,4-7,9,12,16H2,1-3H3. The number of nitrogens with zero attached hydrogens (tertiary/aromatic N) is 2. The highest BCUT2D eigenvalue weighted by Crippen LogP contribution is 2.28. The van der Waals surface area contributed by atoms with Crippen LogP contribution in [0.2, 0.25) is 0 Å². The van der Waals surface area contributed by atoms with Gasteiger partial charge in [-0.05, 0) is 19.3 Å². The fourth-order valence-electron chi connectivity index (χ4n) is 2.71. The highest BCUT2D eigenvalue weighted by atomic mass is 16.5. The Labute approximate surface area is 151 Å². The average Bonchev–Trinajstić information content (AvgIpc) is 2.65. The van der Waals surface area contributed by atoms with Gasteiger partial charge in [0, 0.05) is 5.56 Å². The van der Waals surface area contributed by atoms with Crippen molar-refractivity contribution in [1.29, 1.82) is 0 Å². The molecule has 0 aliphatic heterocycles. The van der Waals surface area contributed by atoms with Gasteiger partial charge in [0.15, 0.2) is 5.75 Å². The third kappa shape index (κ3) is 6.37. The van der Waals surface area contributed by atoms with E-state index in [1.165, 1.54) is 32.1 Å². The number of rotatable bonds is 11. The molecule has 1 atom stereocenters. The Morgan fingerprint density at radius 2 is 1.80 bits per heavy atom. The van der Waals surface area contributed by atoms with E-state index in [4.69, 9.17) is 9.47 Å². The van der Waals surface area contributed by atoms with E-state index < -0.39 is 0 Å². The molecule has 0 saturated heterocycles. The summed E-state index contributed by atoms with van der Waals surface area (Å²) in [5, 5.41) is 0. The van der Waals surface area contributed by atoms with Crippen LogP contribution in [-0.2, 0) is 0 Å². The van der Waals surface area contributed by atoms with Gasteiger partial charge in [0.2, 0.25) is 0 Å². The van der Waals surface area contributed by atoms with Gasteiger partial charge in [0.05, 0.1) is 19.4 Å². The first-order valence-electron chi connectivity index (χ1n) is 9.42. The van der Waals surface area contributed by atoms with Crippen LogP contribution in [-0.4, -0.2) is 23.2 Å². The van der Waals surface area contributed by atoms with E-state index >= 15 is 0 Å². The molecule has 0 fully saturated rings. The van der Waals surface area contributed by atoms with Crippen molar-refractivity contribution in [3.05, 3.63) is 36.5 Å². The molecule has 2 aromatic rings. The van der Waals surface area contributed by atoms with Crippen LogP contribution in [0.3, 0.4) is 0 Å². The van der Waals surface area contributed by atoms with Crippen molar-refractivity contribution in [3.63, 3.8) is 0 Å². The summed E-state index contributed by atoms with van der Waals surface area (Å²) in [6, 6.07) is 10.4. The zero-order chi connectivity index (χ0) is 17.9. The minimum Gasteiger partial charge on any atom is -0.490 e. The minimum absolute atomic E-state index is 0.419. The molecule has 0 aliphatic carbocycles. The predicted octanol–water partition coefficient (Wildman–Crippen LogP) is 5.53. The van der Waals surface area contributed by atoms with Gasteiger partial charge in [-0.1, -0.05) is 69.9 Å². The van der Waals surface area contributed by atoms with Crippen molar-refractivity contribution in [2.24, 2.45) is 5.92 Å². The Kier molecular flexibility index (Phi) is 8.23. The minimum atomic E-state index is 0.419. The molecule has 1 heterocycles. The van der Waals surface area contributed by atoms with Crippen molar-refractivity contribution in [3.8, 4) is 23.0 Å². The Bertz CT molecular complexity index is 617. The van der Waals surface area contributed by atoms with Gasteiger partial charge in [0.25, 0.3) is 0 Å². The number of hydrogen-bond donors (Lipinski definition) is 0. The maximum absolute atomic E-state index is 5.84. The summed E-state index contributed by atoms with van der Waals surface area (Å²) in [6.45, 7) is 7.64. The smallest absolute Gasteiger partial charge is 0.317 e. The van der Waals surface area contributed by atoms with Gasteiger partial charge < -0.3 is 9.47 Å². The average molecular weight is 342 g/mol. The van der Waals surface area contributed by atoms with Gasteiger partial charge in [-0.15, -0.1) is 0 Å². The summed E-state index contributed by atoms with van der Waals surface area (Å²) < 4.78 is 11.5. The number of hydrogen-bond acceptors (Lipinski definition) is 4. The van der Waals surface area contributed by atoms with Crippen LogP contribution in [0.25, 0.3) is 11.3 Å². The summed E-state index contributed by atoms with van der Waals surface area (Å²) in [5.41, 5.74) is 1.79. The Balaban J connectivity index is 1.99. The molecular weight excluding hydrogens is 312 g/mol. The molecule has 0 aliphatic rings. The second-order valence-corrected chi connectivity index (χ2v) is 6.43. The molecule has 0 amide bonds. The zero-order valence-corrected chi connectivity index (χ0v) is 15.7. The van der Waals surface area contributed by atoms with E-state index in [0.717, 1.165) is 11.3 Å². The lowest BCUT2D eigenvalue weighted by Gasteiger charge is -2.14. The lowest BCUT2D eigenvalue weighted by atomic mass is 10.0. The third-order valence-corrected chi connectivity index (χ3v) is 4.13. The highest BCUT2D eigenvalue weighted by Gasteiger charge is 2.12. The molecule has 4 nitrogen and oxygen atoms in total. The molecule has 0 radical (unpaired) electrons. The van der Waals surface area contributed by atoms with E-state index in [1.807, 2.05) is 37.3 Å². The second kappa shape index (κ2) is 10.7. The van der Waals surface area contributed by atoms with E-state index in [-0.39, 0.29) is 0 Å². The van der Waals surface area contributed by atoms with Gasteiger partial charge in [0.1, 0.15) is 5.69 Å². The van der Waals surface area contributed by atoms with Crippen molar-refractivity contribution in [2.75, 3.05) is 13.2 Å². The lowest BCUT2D eigenvalue weighted by molar-refractivity contribution is 0.230. The Hall–Kier alpha value is -2.10. The maximum atomic E-state index is 5.84. The van der Waals surface area contributed by atoms with E-state index in [9.17, 15) is 0 Å². The van der Waals surface area contributed by atoms with E-state index in [1.54, 1.807) is 6.20 Å². The first-order chi connectivity index (χ1) is 12.2. The fraction of sp³-hybridized carbons (Fsp3) is 0.524. The molecule has 25 heavy (non-hydrogen) atoms. The van der Waals surface area contributed by atoms with Crippen LogP contribution >= 0.6 is 0 Å². The van der Waals surface area contributed by atoms with Gasteiger partial charge in [-0.25, -0.2) is 0 Å². The summed E-state index contributed by atoms with van der Waals surface area (Å²) in [4.78, 5) is 8.89. The summed E-state index contributed by atoms with van der Waals surface area (Å²) in [5.74, 6) is 1.20. The molecule has 0 spiro atoms. The van der Waals surface area contributed by atoms with Crippen LogP contribution in [0.4, 0.5) is 0 Å². The first-order valence-corrected chi connectivity index (χ1v) is 9.42. The fourth-order valence-corrected chi connectivity index (χ4v) is 2.71. The number of benzene rings is 1. The van der Waals surface area contributed by atoms with Crippen LogP contribution in [0.15, 0.2) is 36.5 Å². The van der Waals surface area contributed by atoms with Crippen LogP contribution < -0.4 is 9.47 Å². The summed E-state index contributed by atoms with van der Waals surface area (Å²) in [7, 11) is 0. The van der Waals surface area contributed by atoms with Gasteiger partial charge >= 0.3 is 6.01 Å². The molecule has 0 bridgehead atoms. The number of unbranched alkanes of at least 4 members (excludes halogenated alkanes) is 3. The molecular formula is C21H30N2O2. The third-order valence-electron chi connectivity index (χ3n) is 4.13. The topological polar surface area (TPSA) is 44.2 Å².